The highest BCUT2D eigenvalue weighted by Crippen LogP contribution is 2.23. The second-order valence-electron chi connectivity index (χ2n) is 6.84. The molecule has 27 heavy (non-hydrogen) atoms. The van der Waals surface area contributed by atoms with E-state index in [0.29, 0.717) is 13.1 Å². The minimum atomic E-state index is 0.148. The number of piperidine rings is 1. The number of likely N-dealkylation sites (tertiary alicyclic amines) is 1. The van der Waals surface area contributed by atoms with E-state index in [2.05, 4.69) is 43.0 Å². The Labute approximate surface area is 162 Å². The molecule has 0 atom stereocenters. The second-order valence-corrected chi connectivity index (χ2v) is 6.84. The van der Waals surface area contributed by atoms with E-state index in [9.17, 15) is 4.79 Å². The lowest BCUT2D eigenvalue weighted by Crippen LogP contribution is -2.37. The van der Waals surface area contributed by atoms with Crippen LogP contribution in [0.5, 0.6) is 5.75 Å². The van der Waals surface area contributed by atoms with Crippen molar-refractivity contribution in [2.45, 2.75) is 20.3 Å². The minimum absolute atomic E-state index is 0.148. The zero-order chi connectivity index (χ0) is 19.2. The fraction of sp³-hybridized carbons (Fsp3) is 0.292. The first-order chi connectivity index (χ1) is 13.1. The van der Waals surface area contributed by atoms with E-state index < -0.39 is 0 Å². The summed E-state index contributed by atoms with van der Waals surface area (Å²) in [5, 5.41) is 0. The van der Waals surface area contributed by atoms with Crippen LogP contribution in [0.2, 0.25) is 0 Å². The Kier molecular flexibility index (Phi) is 6.25. The minimum Gasteiger partial charge on any atom is -0.497 e. The van der Waals surface area contributed by atoms with E-state index >= 15 is 0 Å². The number of hydrogen-bond acceptors (Lipinski definition) is 3. The summed E-state index contributed by atoms with van der Waals surface area (Å²) in [4.78, 5) is 15.3. The predicted molar refractivity (Wildman–Crippen MR) is 112 cm³/mol. The maximum Gasteiger partial charge on any atom is 0.187 e. The standard InChI is InChI=1S/C24H27NO2/c1-4-18-6-8-19(9-7-18)14-21-16-25(5-2)17-22(24(21)26)15-20-10-12-23(27-3)13-11-20/h6-15H,4-5,16-17H2,1-3H3/b21-14+,22-15+. The molecule has 1 fully saturated rings. The van der Waals surface area contributed by atoms with Crippen LogP contribution in [0.3, 0.4) is 0 Å². The van der Waals surface area contributed by atoms with Crippen LogP contribution < -0.4 is 4.74 Å². The number of rotatable bonds is 5. The van der Waals surface area contributed by atoms with E-state index in [1.807, 2.05) is 36.4 Å². The Balaban J connectivity index is 1.89. The number of likely N-dealkylation sites (N-methyl/N-ethyl adjacent to an activating group) is 1. The smallest absolute Gasteiger partial charge is 0.187 e. The quantitative estimate of drug-likeness (QED) is 0.727. The van der Waals surface area contributed by atoms with Gasteiger partial charge in [-0.05, 0) is 53.9 Å². The molecule has 0 saturated carbocycles. The highest BCUT2D eigenvalue weighted by Gasteiger charge is 2.25. The molecule has 1 aliphatic heterocycles. The van der Waals surface area contributed by atoms with Crippen molar-refractivity contribution < 1.29 is 9.53 Å². The Morgan fingerprint density at radius 2 is 1.41 bits per heavy atom. The molecular weight excluding hydrogens is 334 g/mol. The van der Waals surface area contributed by atoms with E-state index in [1.165, 1.54) is 5.56 Å². The lowest BCUT2D eigenvalue weighted by atomic mass is 9.94. The van der Waals surface area contributed by atoms with Crippen molar-refractivity contribution in [1.29, 1.82) is 0 Å². The molecule has 3 heteroatoms. The number of hydrogen-bond donors (Lipinski definition) is 0. The summed E-state index contributed by atoms with van der Waals surface area (Å²) in [6.45, 7) is 6.58. The first-order valence-electron chi connectivity index (χ1n) is 9.54. The lowest BCUT2D eigenvalue weighted by molar-refractivity contribution is -0.113. The topological polar surface area (TPSA) is 29.5 Å². The lowest BCUT2D eigenvalue weighted by Gasteiger charge is -2.28. The zero-order valence-electron chi connectivity index (χ0n) is 16.4. The van der Waals surface area contributed by atoms with Crippen molar-refractivity contribution >= 4 is 17.9 Å². The van der Waals surface area contributed by atoms with Crippen LogP contribution in [0.25, 0.3) is 12.2 Å². The van der Waals surface area contributed by atoms with Crippen LogP contribution in [-0.4, -0.2) is 37.4 Å². The number of carbonyl (C=O) groups excluding carboxylic acids is 1. The summed E-state index contributed by atoms with van der Waals surface area (Å²) < 4.78 is 5.21. The van der Waals surface area contributed by atoms with Crippen LogP contribution in [-0.2, 0) is 11.2 Å². The maximum atomic E-state index is 13.1. The molecule has 1 aliphatic rings. The summed E-state index contributed by atoms with van der Waals surface area (Å²) in [6.07, 6.45) is 5.05. The molecule has 0 spiro atoms. The van der Waals surface area contributed by atoms with Gasteiger partial charge in [-0.1, -0.05) is 50.2 Å². The van der Waals surface area contributed by atoms with E-state index in [-0.39, 0.29) is 5.78 Å². The van der Waals surface area contributed by atoms with E-state index in [4.69, 9.17) is 4.74 Å². The van der Waals surface area contributed by atoms with Gasteiger partial charge >= 0.3 is 0 Å². The molecule has 1 saturated heterocycles. The van der Waals surface area contributed by atoms with Crippen molar-refractivity contribution in [2.75, 3.05) is 26.7 Å². The number of Topliss-reactive ketones (excluding diaryl/α,β-unsaturated/α-hetero) is 1. The molecule has 1 heterocycles. The van der Waals surface area contributed by atoms with Gasteiger partial charge in [0.05, 0.1) is 7.11 Å². The summed E-state index contributed by atoms with van der Waals surface area (Å²) in [7, 11) is 1.65. The van der Waals surface area contributed by atoms with Crippen LogP contribution in [0.4, 0.5) is 0 Å². The summed E-state index contributed by atoms with van der Waals surface area (Å²) in [5.74, 6) is 0.966. The van der Waals surface area contributed by atoms with Gasteiger partial charge in [0.1, 0.15) is 5.75 Å². The van der Waals surface area contributed by atoms with Crippen molar-refractivity contribution in [3.8, 4) is 5.75 Å². The number of ether oxygens (including phenoxy) is 1. The normalized spacial score (nSPS) is 18.3. The second kappa shape index (κ2) is 8.83. The third kappa shape index (κ3) is 4.75. The van der Waals surface area contributed by atoms with Gasteiger partial charge in [0.25, 0.3) is 0 Å². The molecule has 3 rings (SSSR count). The number of methoxy groups -OCH3 is 1. The first kappa shape index (κ1) is 19.1. The molecule has 2 aromatic carbocycles. The first-order valence-corrected chi connectivity index (χ1v) is 9.54. The van der Waals surface area contributed by atoms with E-state index in [0.717, 1.165) is 41.0 Å². The van der Waals surface area contributed by atoms with Crippen LogP contribution in [0.15, 0.2) is 59.7 Å². The van der Waals surface area contributed by atoms with Gasteiger partial charge in [-0.3, -0.25) is 9.69 Å². The van der Waals surface area contributed by atoms with Gasteiger partial charge in [-0.25, -0.2) is 0 Å². The molecule has 0 amide bonds. The largest absolute Gasteiger partial charge is 0.497 e. The van der Waals surface area contributed by atoms with Crippen LogP contribution in [0.1, 0.15) is 30.5 Å². The Morgan fingerprint density at radius 3 is 1.85 bits per heavy atom. The Morgan fingerprint density at radius 1 is 0.889 bits per heavy atom. The molecular formula is C24H27NO2. The molecule has 0 unspecified atom stereocenters. The summed E-state index contributed by atoms with van der Waals surface area (Å²) in [5.41, 5.74) is 5.10. The maximum absolute atomic E-state index is 13.1. The van der Waals surface area contributed by atoms with Gasteiger partial charge < -0.3 is 4.74 Å². The average Bonchev–Trinajstić information content (AvgIpc) is 2.72. The van der Waals surface area contributed by atoms with Crippen molar-refractivity contribution in [3.63, 3.8) is 0 Å². The van der Waals surface area contributed by atoms with Crippen LogP contribution in [0, 0.1) is 0 Å². The highest BCUT2D eigenvalue weighted by atomic mass is 16.5. The van der Waals surface area contributed by atoms with Crippen molar-refractivity contribution in [2.24, 2.45) is 0 Å². The Hall–Kier alpha value is -2.65. The molecule has 0 aromatic heterocycles. The summed E-state index contributed by atoms with van der Waals surface area (Å²) in [6, 6.07) is 16.3. The third-order valence-corrected chi connectivity index (χ3v) is 5.00. The molecule has 2 aromatic rings. The molecule has 3 nitrogen and oxygen atoms in total. The zero-order valence-corrected chi connectivity index (χ0v) is 16.4. The third-order valence-electron chi connectivity index (χ3n) is 5.00. The predicted octanol–water partition coefficient (Wildman–Crippen LogP) is 4.63. The number of ketones is 1. The van der Waals surface area contributed by atoms with Gasteiger partial charge in [0.15, 0.2) is 5.78 Å². The molecule has 0 bridgehead atoms. The highest BCUT2D eigenvalue weighted by molar-refractivity contribution is 6.14. The van der Waals surface area contributed by atoms with Crippen molar-refractivity contribution in [1.82, 2.24) is 4.90 Å². The molecule has 0 N–H and O–H groups in total. The Bertz CT molecular complexity index is 775. The van der Waals surface area contributed by atoms with E-state index in [1.54, 1.807) is 7.11 Å². The van der Waals surface area contributed by atoms with Crippen LogP contribution >= 0.6 is 0 Å². The van der Waals surface area contributed by atoms with Crippen molar-refractivity contribution in [3.05, 3.63) is 76.4 Å². The monoisotopic (exact) mass is 361 g/mol. The molecule has 0 aliphatic carbocycles. The van der Waals surface area contributed by atoms with Gasteiger partial charge in [0, 0.05) is 24.2 Å². The van der Waals surface area contributed by atoms with Gasteiger partial charge in [-0.2, -0.15) is 0 Å². The number of aryl methyl sites for hydroxylation is 1. The number of nitrogens with zero attached hydrogens (tertiary/aromatic N) is 1. The molecule has 0 radical (unpaired) electrons. The number of carbonyl (C=O) groups is 1. The number of benzene rings is 2. The molecule has 140 valence electrons. The van der Waals surface area contributed by atoms with Gasteiger partial charge in [-0.15, -0.1) is 0 Å². The fourth-order valence-corrected chi connectivity index (χ4v) is 3.29. The fourth-order valence-electron chi connectivity index (χ4n) is 3.29. The van der Waals surface area contributed by atoms with Gasteiger partial charge in [0.2, 0.25) is 0 Å². The average molecular weight is 361 g/mol. The SMILES string of the molecule is CCc1ccc(/C=C2\CN(CC)C/C(=C\c3ccc(OC)cc3)C2=O)cc1. The summed E-state index contributed by atoms with van der Waals surface area (Å²) >= 11 is 0.